The highest BCUT2D eigenvalue weighted by Gasteiger charge is 2.17. The first-order valence-electron chi connectivity index (χ1n) is 6.17. The molecule has 0 aliphatic rings. The second-order valence-electron chi connectivity index (χ2n) is 4.27. The van der Waals surface area contributed by atoms with Gasteiger partial charge in [0.15, 0.2) is 0 Å². The molecule has 3 aromatic rings. The van der Waals surface area contributed by atoms with E-state index in [9.17, 15) is 5.11 Å². The van der Waals surface area contributed by atoms with Gasteiger partial charge in [0.2, 0.25) is 0 Å². The highest BCUT2D eigenvalue weighted by atomic mass is 35.5. The molecule has 0 aliphatic heterocycles. The Morgan fingerprint density at radius 1 is 1.00 bits per heavy atom. The number of benzene rings is 2. The molecular weight excluding hydrogens is 274 g/mol. The van der Waals surface area contributed by atoms with Crippen molar-refractivity contribution in [3.05, 3.63) is 65.3 Å². The van der Waals surface area contributed by atoms with Gasteiger partial charge in [-0.05, 0) is 18.2 Å². The molecule has 4 nitrogen and oxygen atoms in total. The first-order valence-corrected chi connectivity index (χ1v) is 6.55. The molecule has 1 N–H and O–H groups in total. The maximum absolute atomic E-state index is 9.47. The molecule has 0 atom stereocenters. The smallest absolute Gasteiger partial charge is 0.117 e. The molecule has 0 spiro atoms. The zero-order chi connectivity index (χ0) is 13.9. The Kier molecular flexibility index (Phi) is 3.50. The van der Waals surface area contributed by atoms with Crippen molar-refractivity contribution < 1.29 is 5.11 Å². The number of nitrogens with zero attached hydrogens (tertiary/aromatic N) is 3. The summed E-state index contributed by atoms with van der Waals surface area (Å²) in [7, 11) is 0. The Morgan fingerprint density at radius 3 is 2.40 bits per heavy atom. The molecule has 0 bridgehead atoms. The van der Waals surface area contributed by atoms with Crippen molar-refractivity contribution in [1.29, 1.82) is 0 Å². The minimum Gasteiger partial charge on any atom is -0.390 e. The summed E-state index contributed by atoms with van der Waals surface area (Å²) in [5.41, 5.74) is 2.88. The van der Waals surface area contributed by atoms with Gasteiger partial charge in [0.05, 0.1) is 17.3 Å². The average molecular weight is 286 g/mol. The summed E-state index contributed by atoms with van der Waals surface area (Å²) in [5.74, 6) is 0. The molecule has 1 aromatic heterocycles. The van der Waals surface area contributed by atoms with Crippen molar-refractivity contribution in [2.24, 2.45) is 0 Å². The van der Waals surface area contributed by atoms with E-state index in [2.05, 4.69) is 10.3 Å². The normalized spacial score (nSPS) is 10.7. The summed E-state index contributed by atoms with van der Waals surface area (Å²) in [4.78, 5) is 0. The molecule has 0 aliphatic carbocycles. The van der Waals surface area contributed by atoms with E-state index in [4.69, 9.17) is 11.6 Å². The van der Waals surface area contributed by atoms with Crippen LogP contribution in [-0.2, 0) is 6.61 Å². The second kappa shape index (κ2) is 5.45. The summed E-state index contributed by atoms with van der Waals surface area (Å²) < 4.78 is 1.69. The number of halogens is 1. The second-order valence-corrected chi connectivity index (χ2v) is 4.68. The van der Waals surface area contributed by atoms with Gasteiger partial charge < -0.3 is 5.11 Å². The molecular formula is C15H12ClN3O. The van der Waals surface area contributed by atoms with E-state index < -0.39 is 0 Å². The van der Waals surface area contributed by atoms with Gasteiger partial charge in [-0.1, -0.05) is 53.2 Å². The first kappa shape index (κ1) is 12.8. The summed E-state index contributed by atoms with van der Waals surface area (Å²) in [5, 5.41) is 18.2. The lowest BCUT2D eigenvalue weighted by atomic mass is 10.1. The van der Waals surface area contributed by atoms with Crippen molar-refractivity contribution in [2.45, 2.75) is 6.61 Å². The van der Waals surface area contributed by atoms with Crippen LogP contribution in [0.1, 0.15) is 5.69 Å². The monoisotopic (exact) mass is 285 g/mol. The summed E-state index contributed by atoms with van der Waals surface area (Å²) in [6.45, 7) is -0.187. The summed E-state index contributed by atoms with van der Waals surface area (Å²) in [6.07, 6.45) is 0. The Morgan fingerprint density at radius 2 is 1.70 bits per heavy atom. The minimum absolute atomic E-state index is 0.187. The minimum atomic E-state index is -0.187. The maximum atomic E-state index is 9.47. The molecule has 0 radical (unpaired) electrons. The fourth-order valence-corrected chi connectivity index (χ4v) is 2.32. The SMILES string of the molecule is OCc1nnn(-c2ccccc2)c1-c1ccccc1Cl. The van der Waals surface area contributed by atoms with Crippen molar-refractivity contribution in [1.82, 2.24) is 15.0 Å². The van der Waals surface area contributed by atoms with E-state index in [0.717, 1.165) is 11.3 Å². The van der Waals surface area contributed by atoms with Gasteiger partial charge in [-0.25, -0.2) is 4.68 Å². The predicted octanol–water partition coefficient (Wildman–Crippen LogP) is 3.08. The number of hydrogen-bond acceptors (Lipinski definition) is 3. The van der Waals surface area contributed by atoms with Crippen molar-refractivity contribution in [3.8, 4) is 16.9 Å². The lowest BCUT2D eigenvalue weighted by Crippen LogP contribution is -2.00. The molecule has 0 fully saturated rings. The van der Waals surface area contributed by atoms with Crippen LogP contribution >= 0.6 is 11.6 Å². The van der Waals surface area contributed by atoms with Crippen molar-refractivity contribution >= 4 is 11.6 Å². The molecule has 0 saturated heterocycles. The molecule has 20 heavy (non-hydrogen) atoms. The molecule has 0 unspecified atom stereocenters. The Labute approximate surface area is 121 Å². The third-order valence-corrected chi connectivity index (χ3v) is 3.35. The fraction of sp³-hybridized carbons (Fsp3) is 0.0667. The Hall–Kier alpha value is -2.17. The van der Waals surface area contributed by atoms with Gasteiger partial charge in [0, 0.05) is 5.56 Å². The van der Waals surface area contributed by atoms with E-state index in [0.29, 0.717) is 16.4 Å². The van der Waals surface area contributed by atoms with Gasteiger partial charge in [0.25, 0.3) is 0 Å². The molecule has 0 amide bonds. The van der Waals surface area contributed by atoms with Gasteiger partial charge in [-0.2, -0.15) is 0 Å². The van der Waals surface area contributed by atoms with Crippen LogP contribution in [-0.4, -0.2) is 20.1 Å². The zero-order valence-corrected chi connectivity index (χ0v) is 11.3. The topological polar surface area (TPSA) is 50.9 Å². The number of aliphatic hydroxyl groups is 1. The molecule has 100 valence electrons. The van der Waals surface area contributed by atoms with Crippen LogP contribution < -0.4 is 0 Å². The van der Waals surface area contributed by atoms with E-state index in [1.807, 2.05) is 48.5 Å². The standard InChI is InChI=1S/C15H12ClN3O/c16-13-9-5-4-8-12(13)15-14(10-20)17-18-19(15)11-6-2-1-3-7-11/h1-9,20H,10H2. The zero-order valence-electron chi connectivity index (χ0n) is 10.6. The molecule has 3 rings (SSSR count). The van der Waals surface area contributed by atoms with E-state index in [1.165, 1.54) is 0 Å². The van der Waals surface area contributed by atoms with Crippen LogP contribution in [0.15, 0.2) is 54.6 Å². The lowest BCUT2D eigenvalue weighted by Gasteiger charge is -2.09. The van der Waals surface area contributed by atoms with Crippen LogP contribution in [0.2, 0.25) is 5.02 Å². The van der Waals surface area contributed by atoms with Crippen LogP contribution in [0.25, 0.3) is 16.9 Å². The third-order valence-electron chi connectivity index (χ3n) is 3.02. The number of hydrogen-bond donors (Lipinski definition) is 1. The summed E-state index contributed by atoms with van der Waals surface area (Å²) in [6, 6.07) is 17.1. The van der Waals surface area contributed by atoms with Gasteiger partial charge in [0.1, 0.15) is 11.4 Å². The molecule has 5 heteroatoms. The number of aromatic nitrogens is 3. The Balaban J connectivity index is 2.24. The maximum Gasteiger partial charge on any atom is 0.117 e. The molecule has 2 aromatic carbocycles. The van der Waals surface area contributed by atoms with Crippen LogP contribution in [0.5, 0.6) is 0 Å². The van der Waals surface area contributed by atoms with E-state index in [1.54, 1.807) is 10.7 Å². The Bertz CT molecular complexity index is 725. The highest BCUT2D eigenvalue weighted by molar-refractivity contribution is 6.33. The predicted molar refractivity (Wildman–Crippen MR) is 77.7 cm³/mol. The van der Waals surface area contributed by atoms with E-state index in [-0.39, 0.29) is 6.61 Å². The van der Waals surface area contributed by atoms with Crippen molar-refractivity contribution in [2.75, 3.05) is 0 Å². The highest BCUT2D eigenvalue weighted by Crippen LogP contribution is 2.31. The van der Waals surface area contributed by atoms with Crippen LogP contribution in [0.4, 0.5) is 0 Å². The third kappa shape index (κ3) is 2.19. The van der Waals surface area contributed by atoms with E-state index >= 15 is 0 Å². The number of aliphatic hydroxyl groups excluding tert-OH is 1. The number of para-hydroxylation sites is 1. The lowest BCUT2D eigenvalue weighted by molar-refractivity contribution is 0.277. The largest absolute Gasteiger partial charge is 0.390 e. The van der Waals surface area contributed by atoms with Gasteiger partial charge in [-0.15, -0.1) is 5.10 Å². The van der Waals surface area contributed by atoms with Crippen LogP contribution in [0, 0.1) is 0 Å². The van der Waals surface area contributed by atoms with Crippen molar-refractivity contribution in [3.63, 3.8) is 0 Å². The van der Waals surface area contributed by atoms with Gasteiger partial charge >= 0.3 is 0 Å². The van der Waals surface area contributed by atoms with Crippen LogP contribution in [0.3, 0.4) is 0 Å². The first-order chi connectivity index (χ1) is 9.81. The number of rotatable bonds is 3. The molecule has 1 heterocycles. The van der Waals surface area contributed by atoms with Gasteiger partial charge in [-0.3, -0.25) is 0 Å². The fourth-order valence-electron chi connectivity index (χ4n) is 2.09. The average Bonchev–Trinajstić information content (AvgIpc) is 2.92. The quantitative estimate of drug-likeness (QED) is 0.804. The summed E-state index contributed by atoms with van der Waals surface area (Å²) >= 11 is 6.25. The molecule has 0 saturated carbocycles.